The molecule has 0 aliphatic rings. The van der Waals surface area contributed by atoms with E-state index in [0.717, 1.165) is 51.9 Å². The van der Waals surface area contributed by atoms with Gasteiger partial charge < -0.3 is 20.6 Å². The molecular formula is C28H30N4O2. The number of aromatic hydroxyl groups is 1. The first kappa shape index (κ1) is 23.4. The van der Waals surface area contributed by atoms with Gasteiger partial charge in [-0.2, -0.15) is 0 Å². The molecule has 6 heteroatoms. The molecule has 6 nitrogen and oxygen atoms in total. The lowest BCUT2D eigenvalue weighted by molar-refractivity contribution is -0.109. The molecule has 2 atom stereocenters. The molecule has 34 heavy (non-hydrogen) atoms. The molecule has 4 rings (SSSR count). The molecule has 0 fully saturated rings. The first-order chi connectivity index (χ1) is 16.5. The van der Waals surface area contributed by atoms with E-state index in [0.29, 0.717) is 18.9 Å². The lowest BCUT2D eigenvalue weighted by atomic mass is 9.97. The number of nitrogens with zero attached hydrogens (tertiary/aromatic N) is 2. The van der Waals surface area contributed by atoms with Crippen molar-refractivity contribution < 1.29 is 9.90 Å². The summed E-state index contributed by atoms with van der Waals surface area (Å²) in [7, 11) is 1.93. The molecule has 0 saturated heterocycles. The Bertz CT molecular complexity index is 1300. The standard InChI is InChI=1S/C28H30N4O2/c1-19(30-2)11-12-24-26(34)14-13-25-28(24)31-27(16-22(18-33)21-8-4-3-5-9-21)32(25)23-10-6-7-20(15-23)17-29/h3-10,13-15,17-19,22,29-30,34H,11-12,16H2,1-2H3. The van der Waals surface area contributed by atoms with Crippen molar-refractivity contribution in [1.82, 2.24) is 14.9 Å². The summed E-state index contributed by atoms with van der Waals surface area (Å²) in [6.07, 6.45) is 4.24. The van der Waals surface area contributed by atoms with Crippen LogP contribution in [0.1, 0.15) is 41.8 Å². The van der Waals surface area contributed by atoms with Crippen LogP contribution in [0.4, 0.5) is 0 Å². The predicted molar refractivity (Wildman–Crippen MR) is 136 cm³/mol. The van der Waals surface area contributed by atoms with E-state index in [9.17, 15) is 9.90 Å². The van der Waals surface area contributed by atoms with E-state index in [2.05, 4.69) is 12.2 Å². The monoisotopic (exact) mass is 454 g/mol. The molecular weight excluding hydrogens is 424 g/mol. The third kappa shape index (κ3) is 4.77. The first-order valence-electron chi connectivity index (χ1n) is 11.6. The summed E-state index contributed by atoms with van der Waals surface area (Å²) < 4.78 is 2.05. The summed E-state index contributed by atoms with van der Waals surface area (Å²) in [6, 6.07) is 21.3. The van der Waals surface area contributed by atoms with Crippen LogP contribution in [-0.2, 0) is 17.6 Å². The SMILES string of the molecule is CNC(C)CCc1c(O)ccc2c1nc(CC(C=O)c1ccccc1)n2-c1cccc(C=N)c1. The Morgan fingerprint density at radius 3 is 2.62 bits per heavy atom. The van der Waals surface area contributed by atoms with Gasteiger partial charge in [-0.05, 0) is 62.2 Å². The molecule has 0 saturated carbocycles. The van der Waals surface area contributed by atoms with Crippen molar-refractivity contribution in [3.63, 3.8) is 0 Å². The molecule has 4 aromatic rings. The van der Waals surface area contributed by atoms with Gasteiger partial charge in [0.25, 0.3) is 0 Å². The van der Waals surface area contributed by atoms with Crippen molar-refractivity contribution in [2.24, 2.45) is 0 Å². The highest BCUT2D eigenvalue weighted by Gasteiger charge is 2.21. The van der Waals surface area contributed by atoms with Crippen LogP contribution in [0.25, 0.3) is 16.7 Å². The zero-order chi connectivity index (χ0) is 24.1. The van der Waals surface area contributed by atoms with Gasteiger partial charge in [-0.1, -0.05) is 42.5 Å². The summed E-state index contributed by atoms with van der Waals surface area (Å²) in [5.74, 6) is 0.630. The van der Waals surface area contributed by atoms with E-state index in [1.807, 2.05) is 72.3 Å². The second kappa shape index (κ2) is 10.4. The molecule has 0 radical (unpaired) electrons. The quantitative estimate of drug-likeness (QED) is 0.237. The molecule has 0 spiro atoms. The minimum Gasteiger partial charge on any atom is -0.508 e. The number of rotatable bonds is 10. The highest BCUT2D eigenvalue weighted by molar-refractivity contribution is 5.85. The van der Waals surface area contributed by atoms with Crippen LogP contribution in [0, 0.1) is 5.41 Å². The second-order valence-corrected chi connectivity index (χ2v) is 8.62. The molecule has 1 aromatic heterocycles. The summed E-state index contributed by atoms with van der Waals surface area (Å²) in [5, 5.41) is 21.6. The first-order valence-corrected chi connectivity index (χ1v) is 11.6. The number of imidazole rings is 1. The van der Waals surface area contributed by atoms with E-state index in [1.54, 1.807) is 6.07 Å². The number of phenolic OH excluding ortho intramolecular Hbond substituents is 1. The maximum Gasteiger partial charge on any atom is 0.127 e. The summed E-state index contributed by atoms with van der Waals surface area (Å²) >= 11 is 0. The van der Waals surface area contributed by atoms with Gasteiger partial charge in [-0.15, -0.1) is 0 Å². The third-order valence-electron chi connectivity index (χ3n) is 6.39. The van der Waals surface area contributed by atoms with Gasteiger partial charge in [0, 0.05) is 35.8 Å². The molecule has 1 heterocycles. The van der Waals surface area contributed by atoms with E-state index in [1.165, 1.54) is 6.21 Å². The lowest BCUT2D eigenvalue weighted by Gasteiger charge is -2.14. The van der Waals surface area contributed by atoms with Crippen molar-refractivity contribution in [1.29, 1.82) is 5.41 Å². The fourth-order valence-electron chi connectivity index (χ4n) is 4.31. The number of aldehydes is 1. The van der Waals surface area contributed by atoms with Gasteiger partial charge in [0.05, 0.1) is 11.0 Å². The van der Waals surface area contributed by atoms with Gasteiger partial charge >= 0.3 is 0 Å². The van der Waals surface area contributed by atoms with Crippen molar-refractivity contribution >= 4 is 23.5 Å². The third-order valence-corrected chi connectivity index (χ3v) is 6.39. The predicted octanol–water partition coefficient (Wildman–Crippen LogP) is 4.79. The summed E-state index contributed by atoms with van der Waals surface area (Å²) in [6.45, 7) is 2.11. The number of phenols is 1. The molecule has 0 bridgehead atoms. The van der Waals surface area contributed by atoms with Gasteiger partial charge in [0.1, 0.15) is 17.9 Å². The van der Waals surface area contributed by atoms with Crippen LogP contribution < -0.4 is 5.32 Å². The summed E-state index contributed by atoms with van der Waals surface area (Å²) in [4.78, 5) is 17.1. The van der Waals surface area contributed by atoms with E-state index in [-0.39, 0.29) is 11.7 Å². The number of fused-ring (bicyclic) bond motifs is 1. The lowest BCUT2D eigenvalue weighted by Crippen LogP contribution is -2.21. The minimum atomic E-state index is -0.343. The Hall–Kier alpha value is -3.77. The van der Waals surface area contributed by atoms with Gasteiger partial charge in [-0.25, -0.2) is 4.98 Å². The smallest absolute Gasteiger partial charge is 0.127 e. The van der Waals surface area contributed by atoms with Gasteiger partial charge in [-0.3, -0.25) is 4.57 Å². The highest BCUT2D eigenvalue weighted by Crippen LogP contribution is 2.32. The largest absolute Gasteiger partial charge is 0.508 e. The van der Waals surface area contributed by atoms with Crippen LogP contribution in [0.2, 0.25) is 0 Å². The van der Waals surface area contributed by atoms with Gasteiger partial charge in [0.15, 0.2) is 0 Å². The average molecular weight is 455 g/mol. The number of hydrogen-bond acceptors (Lipinski definition) is 5. The number of carbonyl (C=O) groups excluding carboxylic acids is 1. The molecule has 174 valence electrons. The summed E-state index contributed by atoms with van der Waals surface area (Å²) in [5.41, 5.74) is 5.02. The number of benzene rings is 3. The molecule has 3 aromatic carbocycles. The van der Waals surface area contributed by atoms with Crippen LogP contribution in [0.3, 0.4) is 0 Å². The number of nitrogens with one attached hydrogen (secondary N) is 2. The van der Waals surface area contributed by atoms with Crippen molar-refractivity contribution in [2.45, 2.75) is 38.1 Å². The molecule has 0 aliphatic heterocycles. The number of aryl methyl sites for hydroxylation is 1. The number of aromatic nitrogens is 2. The van der Waals surface area contributed by atoms with Crippen molar-refractivity contribution in [2.75, 3.05) is 7.05 Å². The van der Waals surface area contributed by atoms with Crippen molar-refractivity contribution in [3.05, 3.63) is 89.2 Å². The van der Waals surface area contributed by atoms with E-state index >= 15 is 0 Å². The average Bonchev–Trinajstić information content (AvgIpc) is 3.25. The van der Waals surface area contributed by atoms with Gasteiger partial charge in [0.2, 0.25) is 0 Å². The fraction of sp³-hybridized carbons (Fsp3) is 0.250. The van der Waals surface area contributed by atoms with E-state index in [4.69, 9.17) is 10.4 Å². The molecule has 3 N–H and O–H groups in total. The highest BCUT2D eigenvalue weighted by atomic mass is 16.3. The Balaban J connectivity index is 1.88. The Morgan fingerprint density at radius 2 is 1.91 bits per heavy atom. The Kier molecular flexibility index (Phi) is 7.18. The normalized spacial score (nSPS) is 13.0. The Labute approximate surface area is 199 Å². The number of hydrogen-bond donors (Lipinski definition) is 3. The van der Waals surface area contributed by atoms with Crippen LogP contribution in [0.5, 0.6) is 5.75 Å². The zero-order valence-corrected chi connectivity index (χ0v) is 19.5. The van der Waals surface area contributed by atoms with Crippen LogP contribution in [0.15, 0.2) is 66.7 Å². The van der Waals surface area contributed by atoms with Crippen molar-refractivity contribution in [3.8, 4) is 11.4 Å². The maximum atomic E-state index is 12.1. The zero-order valence-electron chi connectivity index (χ0n) is 19.5. The maximum absolute atomic E-state index is 12.1. The van der Waals surface area contributed by atoms with Crippen LogP contribution in [-0.4, -0.2) is 40.2 Å². The molecule has 2 unspecified atom stereocenters. The molecule has 0 amide bonds. The van der Waals surface area contributed by atoms with Crippen LogP contribution >= 0.6 is 0 Å². The topological polar surface area (TPSA) is 91.0 Å². The minimum absolute atomic E-state index is 0.232. The molecule has 0 aliphatic carbocycles. The second-order valence-electron chi connectivity index (χ2n) is 8.62. The Morgan fingerprint density at radius 1 is 1.12 bits per heavy atom. The van der Waals surface area contributed by atoms with E-state index < -0.39 is 0 Å². The fourth-order valence-corrected chi connectivity index (χ4v) is 4.31. The number of carbonyl (C=O) groups is 1.